The number of carbonyl (C=O) groups is 1. The average Bonchev–Trinajstić information content (AvgIpc) is 2.39. The zero-order chi connectivity index (χ0) is 12.7. The molecular formula is C12H12N2O3. The number of ether oxygens (including phenoxy) is 2. The fourth-order valence-corrected chi connectivity index (χ4v) is 1.14. The Labute approximate surface area is 99.3 Å². The molecule has 5 heteroatoms. The zero-order valence-corrected chi connectivity index (χ0v) is 9.56. The number of hydrogen-bond acceptors (Lipinski definition) is 5. The SMILES string of the molecule is COc1cc(N/C=C(/C#N)C=O)cc(OC)c1. The number of rotatable bonds is 5. The lowest BCUT2D eigenvalue weighted by Gasteiger charge is -2.08. The van der Waals surface area contributed by atoms with Crippen molar-refractivity contribution in [2.75, 3.05) is 19.5 Å². The molecule has 1 aromatic rings. The molecule has 0 bridgehead atoms. The van der Waals surface area contributed by atoms with E-state index < -0.39 is 0 Å². The summed E-state index contributed by atoms with van der Waals surface area (Å²) in [7, 11) is 3.08. The van der Waals surface area contributed by atoms with Crippen LogP contribution in [0.3, 0.4) is 0 Å². The van der Waals surface area contributed by atoms with Gasteiger partial charge in [0.05, 0.1) is 14.2 Å². The highest BCUT2D eigenvalue weighted by molar-refractivity contribution is 5.79. The van der Waals surface area contributed by atoms with Crippen LogP contribution in [0.2, 0.25) is 0 Å². The number of nitrogens with one attached hydrogen (secondary N) is 1. The molecule has 17 heavy (non-hydrogen) atoms. The van der Waals surface area contributed by atoms with Gasteiger partial charge < -0.3 is 14.8 Å². The lowest BCUT2D eigenvalue weighted by molar-refractivity contribution is -0.104. The normalized spacial score (nSPS) is 10.3. The standard InChI is InChI=1S/C12H12N2O3/c1-16-11-3-10(4-12(5-11)17-2)14-7-9(6-13)8-15/h3-5,7-8,14H,1-2H3/b9-7-. The van der Waals surface area contributed by atoms with Crippen molar-refractivity contribution >= 4 is 12.0 Å². The maximum atomic E-state index is 10.4. The number of carbonyl (C=O) groups excluding carboxylic acids is 1. The number of nitriles is 1. The van der Waals surface area contributed by atoms with Crippen LogP contribution in [0.15, 0.2) is 30.0 Å². The quantitative estimate of drug-likeness (QED) is 0.475. The van der Waals surface area contributed by atoms with E-state index in [-0.39, 0.29) is 5.57 Å². The van der Waals surface area contributed by atoms with Gasteiger partial charge >= 0.3 is 0 Å². The van der Waals surface area contributed by atoms with Crippen molar-refractivity contribution in [3.63, 3.8) is 0 Å². The van der Waals surface area contributed by atoms with E-state index in [2.05, 4.69) is 5.32 Å². The average molecular weight is 232 g/mol. The van der Waals surface area contributed by atoms with E-state index in [1.165, 1.54) is 6.20 Å². The third-order valence-electron chi connectivity index (χ3n) is 2.00. The van der Waals surface area contributed by atoms with Crippen LogP contribution < -0.4 is 14.8 Å². The first-order valence-electron chi connectivity index (χ1n) is 4.78. The second-order valence-corrected chi connectivity index (χ2v) is 3.08. The van der Waals surface area contributed by atoms with Gasteiger partial charge in [0.2, 0.25) is 0 Å². The van der Waals surface area contributed by atoms with Crippen LogP contribution in [0.25, 0.3) is 0 Å². The van der Waals surface area contributed by atoms with E-state index >= 15 is 0 Å². The number of hydrogen-bond donors (Lipinski definition) is 1. The van der Waals surface area contributed by atoms with Crippen molar-refractivity contribution in [3.8, 4) is 17.6 Å². The topological polar surface area (TPSA) is 71.3 Å². The van der Waals surface area contributed by atoms with Gasteiger partial charge in [0.15, 0.2) is 6.29 Å². The molecule has 0 saturated heterocycles. The largest absolute Gasteiger partial charge is 0.497 e. The van der Waals surface area contributed by atoms with E-state index in [1.807, 2.05) is 0 Å². The molecular weight excluding hydrogens is 220 g/mol. The van der Waals surface area contributed by atoms with Crippen LogP contribution in [0.4, 0.5) is 5.69 Å². The Morgan fingerprint density at radius 3 is 2.29 bits per heavy atom. The van der Waals surface area contributed by atoms with Crippen molar-refractivity contribution in [2.24, 2.45) is 0 Å². The van der Waals surface area contributed by atoms with E-state index in [0.29, 0.717) is 23.5 Å². The minimum atomic E-state index is 0.00628. The molecule has 88 valence electrons. The maximum Gasteiger partial charge on any atom is 0.162 e. The first-order chi connectivity index (χ1) is 8.23. The van der Waals surface area contributed by atoms with Gasteiger partial charge in [0.1, 0.15) is 23.1 Å². The summed E-state index contributed by atoms with van der Waals surface area (Å²) in [6.45, 7) is 0. The third kappa shape index (κ3) is 3.54. The van der Waals surface area contributed by atoms with Gasteiger partial charge in [-0.3, -0.25) is 4.79 Å². The fourth-order valence-electron chi connectivity index (χ4n) is 1.14. The molecule has 0 spiro atoms. The summed E-state index contributed by atoms with van der Waals surface area (Å²) >= 11 is 0. The Morgan fingerprint density at radius 1 is 1.29 bits per heavy atom. The van der Waals surface area contributed by atoms with Crippen LogP contribution >= 0.6 is 0 Å². The predicted molar refractivity (Wildman–Crippen MR) is 62.9 cm³/mol. The molecule has 0 aliphatic heterocycles. The molecule has 0 fully saturated rings. The van der Waals surface area contributed by atoms with Crippen LogP contribution in [-0.4, -0.2) is 20.5 Å². The molecule has 0 amide bonds. The highest BCUT2D eigenvalue weighted by Crippen LogP contribution is 2.25. The van der Waals surface area contributed by atoms with Gasteiger partial charge in [-0.05, 0) is 0 Å². The summed E-state index contributed by atoms with van der Waals surface area (Å²) in [5.74, 6) is 1.23. The van der Waals surface area contributed by atoms with Gasteiger partial charge in [0, 0.05) is 30.1 Å². The lowest BCUT2D eigenvalue weighted by Crippen LogP contribution is -1.94. The predicted octanol–water partition coefficient (Wildman–Crippen LogP) is 1.72. The Bertz CT molecular complexity index is 453. The second kappa shape index (κ2) is 6.18. The number of aldehydes is 1. The maximum absolute atomic E-state index is 10.4. The third-order valence-corrected chi connectivity index (χ3v) is 2.00. The Balaban J connectivity index is 2.95. The van der Waals surface area contributed by atoms with E-state index in [4.69, 9.17) is 14.7 Å². The summed E-state index contributed by atoms with van der Waals surface area (Å²) < 4.78 is 10.2. The Morgan fingerprint density at radius 2 is 1.88 bits per heavy atom. The molecule has 5 nitrogen and oxygen atoms in total. The highest BCUT2D eigenvalue weighted by atomic mass is 16.5. The van der Waals surface area contributed by atoms with Gasteiger partial charge in [-0.15, -0.1) is 0 Å². The van der Waals surface area contributed by atoms with E-state index in [0.717, 1.165) is 0 Å². The number of anilines is 1. The first-order valence-corrected chi connectivity index (χ1v) is 4.78. The molecule has 0 unspecified atom stereocenters. The Kier molecular flexibility index (Phi) is 4.58. The molecule has 0 saturated carbocycles. The number of nitrogens with zero attached hydrogens (tertiary/aromatic N) is 1. The van der Waals surface area contributed by atoms with Crippen LogP contribution in [-0.2, 0) is 4.79 Å². The fraction of sp³-hybridized carbons (Fsp3) is 0.167. The second-order valence-electron chi connectivity index (χ2n) is 3.08. The molecule has 0 aliphatic carbocycles. The minimum absolute atomic E-state index is 0.00628. The Hall–Kier alpha value is -2.48. The van der Waals surface area contributed by atoms with Crippen LogP contribution in [0, 0.1) is 11.3 Å². The molecule has 0 aliphatic rings. The van der Waals surface area contributed by atoms with Gasteiger partial charge in [-0.2, -0.15) is 5.26 Å². The smallest absolute Gasteiger partial charge is 0.162 e. The summed E-state index contributed by atoms with van der Waals surface area (Å²) in [4.78, 5) is 10.4. The molecule has 0 heterocycles. The van der Waals surface area contributed by atoms with Gasteiger partial charge in [0.25, 0.3) is 0 Å². The summed E-state index contributed by atoms with van der Waals surface area (Å²) in [6, 6.07) is 6.91. The van der Waals surface area contributed by atoms with Crippen molar-refractivity contribution in [2.45, 2.75) is 0 Å². The van der Waals surface area contributed by atoms with E-state index in [9.17, 15) is 4.79 Å². The summed E-state index contributed by atoms with van der Waals surface area (Å²) in [5.41, 5.74) is 0.669. The van der Waals surface area contributed by atoms with Gasteiger partial charge in [-0.1, -0.05) is 0 Å². The molecule has 0 aromatic heterocycles. The van der Waals surface area contributed by atoms with Crippen molar-refractivity contribution in [1.29, 1.82) is 5.26 Å². The minimum Gasteiger partial charge on any atom is -0.497 e. The molecule has 0 atom stereocenters. The monoisotopic (exact) mass is 232 g/mol. The highest BCUT2D eigenvalue weighted by Gasteiger charge is 2.00. The van der Waals surface area contributed by atoms with Crippen molar-refractivity contribution < 1.29 is 14.3 Å². The molecule has 1 aromatic carbocycles. The first kappa shape index (κ1) is 12.6. The number of benzene rings is 1. The van der Waals surface area contributed by atoms with Crippen LogP contribution in [0.5, 0.6) is 11.5 Å². The summed E-state index contributed by atoms with van der Waals surface area (Å²) in [5, 5.41) is 11.4. The number of allylic oxidation sites excluding steroid dienone is 1. The van der Waals surface area contributed by atoms with E-state index in [1.54, 1.807) is 38.5 Å². The summed E-state index contributed by atoms with van der Waals surface area (Å²) in [6.07, 6.45) is 1.80. The molecule has 1 N–H and O–H groups in total. The van der Waals surface area contributed by atoms with Crippen molar-refractivity contribution in [3.05, 3.63) is 30.0 Å². The van der Waals surface area contributed by atoms with Crippen LogP contribution in [0.1, 0.15) is 0 Å². The molecule has 0 radical (unpaired) electrons. The number of methoxy groups -OCH3 is 2. The lowest BCUT2D eigenvalue weighted by atomic mass is 10.2. The molecule has 1 rings (SSSR count). The zero-order valence-electron chi connectivity index (χ0n) is 9.56. The van der Waals surface area contributed by atoms with Crippen molar-refractivity contribution in [1.82, 2.24) is 0 Å². The van der Waals surface area contributed by atoms with Gasteiger partial charge in [-0.25, -0.2) is 0 Å².